The first-order valence-electron chi connectivity index (χ1n) is 32.5. The average Bonchev–Trinajstić information content (AvgIpc) is 3.57. The summed E-state index contributed by atoms with van der Waals surface area (Å²) in [5.41, 5.74) is 0. The molecule has 83 heavy (non-hydrogen) atoms. The molecule has 0 aliphatic carbocycles. The number of ether oxygens (including phenoxy) is 5. The minimum atomic E-state index is -1.94. The van der Waals surface area contributed by atoms with Gasteiger partial charge >= 0.3 is 23.9 Å². The summed E-state index contributed by atoms with van der Waals surface area (Å²) in [6, 6.07) is 0. The number of esters is 3. The Labute approximate surface area is 503 Å². The summed E-state index contributed by atoms with van der Waals surface area (Å²) >= 11 is 0. The van der Waals surface area contributed by atoms with Gasteiger partial charge in [0, 0.05) is 12.8 Å². The van der Waals surface area contributed by atoms with Gasteiger partial charge in [-0.25, -0.2) is 4.79 Å². The Morgan fingerprint density at radius 1 is 0.422 bits per heavy atom. The molecule has 0 saturated carbocycles. The summed E-state index contributed by atoms with van der Waals surface area (Å²) in [5, 5.41) is 31.5. The molecule has 1 fully saturated rings. The van der Waals surface area contributed by atoms with Crippen LogP contribution < -0.4 is 0 Å². The largest absolute Gasteiger partial charge is 0.479 e. The molecule has 0 radical (unpaired) electrons. The van der Waals surface area contributed by atoms with Gasteiger partial charge in [-0.2, -0.15) is 0 Å². The average molecular weight is 1160 g/mol. The van der Waals surface area contributed by atoms with Crippen LogP contribution in [-0.4, -0.2) is 89.2 Å². The molecule has 0 amide bonds. The summed E-state index contributed by atoms with van der Waals surface area (Å²) in [6.07, 6.45) is 67.5. The van der Waals surface area contributed by atoms with Crippen LogP contribution in [0.25, 0.3) is 0 Å². The zero-order chi connectivity index (χ0) is 60.3. The molecule has 0 aromatic rings. The van der Waals surface area contributed by atoms with Gasteiger partial charge < -0.3 is 39.0 Å². The summed E-state index contributed by atoms with van der Waals surface area (Å²) < 4.78 is 28.4. The molecular weight excluding hydrogens is 1040 g/mol. The third-order valence-electron chi connectivity index (χ3n) is 14.0. The molecule has 1 saturated heterocycles. The van der Waals surface area contributed by atoms with Crippen molar-refractivity contribution in [1.29, 1.82) is 0 Å². The molecular formula is C71H114O12. The number of carboxylic acid groups (broad SMARTS) is 1. The van der Waals surface area contributed by atoms with Crippen LogP contribution in [0.2, 0.25) is 0 Å². The van der Waals surface area contributed by atoms with E-state index in [2.05, 4.69) is 118 Å². The van der Waals surface area contributed by atoms with Gasteiger partial charge in [-0.05, 0) is 109 Å². The highest BCUT2D eigenvalue weighted by Crippen LogP contribution is 2.26. The second-order valence-corrected chi connectivity index (χ2v) is 21.6. The van der Waals surface area contributed by atoms with E-state index in [9.17, 15) is 34.5 Å². The standard InChI is InChI=1S/C71H114O12/c1-4-7-10-13-16-19-22-25-28-30-32-34-37-39-42-45-48-51-54-57-63(72)79-60-62(81-64(73)58-55-52-49-46-43-41-38-35-33-31-29-26-23-20-17-14-11-8-5-2)61-80-71-69(67(76)66(75)68(83-71)70(77)78)82-65(74)59-56-53-50-47-44-40-36-27-24-21-18-15-12-9-6-3/h7,9-10,12,16,18-19,21,25-29,32,34,36,44,47,53,56,62,66-69,71,75-76H,4-6,8,11,13-15,17,20,22-24,30-31,33,35,37-43,45-46,48-52,54-55,57-61H2,1-3H3,(H,77,78)/b10-7-,12-9-,19-16-,21-18-,28-25-,29-26-,34-32-,36-27-,47-44-,56-53-. The van der Waals surface area contributed by atoms with Crippen LogP contribution in [0.5, 0.6) is 0 Å². The number of unbranched alkanes of at least 4 members (excludes halogenated alkanes) is 21. The van der Waals surface area contributed by atoms with E-state index in [1.807, 2.05) is 12.2 Å². The number of rotatable bonds is 54. The monoisotopic (exact) mass is 1160 g/mol. The number of aliphatic hydroxyl groups is 2. The summed E-state index contributed by atoms with van der Waals surface area (Å²) in [4.78, 5) is 51.3. The molecule has 1 rings (SSSR count). The highest BCUT2D eigenvalue weighted by Gasteiger charge is 2.50. The number of hydrogen-bond acceptors (Lipinski definition) is 11. The van der Waals surface area contributed by atoms with E-state index in [4.69, 9.17) is 23.7 Å². The van der Waals surface area contributed by atoms with Crippen molar-refractivity contribution in [3.8, 4) is 0 Å². The second kappa shape index (κ2) is 57.5. The fraction of sp³-hybridized carbons (Fsp3) is 0.662. The van der Waals surface area contributed by atoms with Gasteiger partial charge in [-0.1, -0.05) is 245 Å². The lowest BCUT2D eigenvalue weighted by Crippen LogP contribution is -2.61. The number of allylic oxidation sites excluding steroid dienone is 19. The Morgan fingerprint density at radius 3 is 1.23 bits per heavy atom. The topological polar surface area (TPSA) is 175 Å². The Bertz CT molecular complexity index is 1900. The highest BCUT2D eigenvalue weighted by atomic mass is 16.7. The molecule has 1 aliphatic heterocycles. The fourth-order valence-electron chi connectivity index (χ4n) is 9.14. The van der Waals surface area contributed by atoms with Crippen molar-refractivity contribution in [1.82, 2.24) is 0 Å². The van der Waals surface area contributed by atoms with Crippen molar-refractivity contribution in [2.45, 2.75) is 289 Å². The summed E-state index contributed by atoms with van der Waals surface area (Å²) in [5.74, 6) is -3.31. The van der Waals surface area contributed by atoms with Crippen LogP contribution in [-0.2, 0) is 42.9 Å². The third kappa shape index (κ3) is 47.1. The minimum Gasteiger partial charge on any atom is -0.479 e. The lowest BCUT2D eigenvalue weighted by atomic mass is 9.98. The van der Waals surface area contributed by atoms with E-state index in [0.717, 1.165) is 122 Å². The van der Waals surface area contributed by atoms with Crippen molar-refractivity contribution < 1.29 is 58.2 Å². The van der Waals surface area contributed by atoms with Crippen molar-refractivity contribution in [3.63, 3.8) is 0 Å². The van der Waals surface area contributed by atoms with E-state index >= 15 is 0 Å². The number of aliphatic hydroxyl groups excluding tert-OH is 2. The SMILES string of the molecule is CC/C=C\C/C=C\C/C=C\C/C=C\C/C=C\CC(=O)OC1C(OCC(COC(=O)CCCCCCCC/C=C\C/C=C\C/C=C\C/C=C\CC)OC(=O)CCCCCCCCCCC/C=C\CCCCCCCC)OC(C(=O)O)C(O)C1O. The maximum absolute atomic E-state index is 13.2. The molecule has 0 aromatic carbocycles. The number of carbonyl (C=O) groups is 4. The zero-order valence-corrected chi connectivity index (χ0v) is 51.9. The van der Waals surface area contributed by atoms with Crippen LogP contribution in [0.1, 0.15) is 252 Å². The lowest BCUT2D eigenvalue weighted by Gasteiger charge is -2.40. The van der Waals surface area contributed by atoms with E-state index < -0.39 is 67.3 Å². The highest BCUT2D eigenvalue weighted by molar-refractivity contribution is 5.74. The van der Waals surface area contributed by atoms with E-state index in [-0.39, 0.29) is 25.9 Å². The van der Waals surface area contributed by atoms with Crippen molar-refractivity contribution in [2.24, 2.45) is 0 Å². The number of aliphatic carboxylic acids is 1. The molecule has 1 aliphatic rings. The van der Waals surface area contributed by atoms with Crippen LogP contribution >= 0.6 is 0 Å². The van der Waals surface area contributed by atoms with Crippen molar-refractivity contribution in [2.75, 3.05) is 13.2 Å². The Balaban J connectivity index is 2.71. The Hall–Kier alpha value is -4.88. The molecule has 6 unspecified atom stereocenters. The molecule has 12 nitrogen and oxygen atoms in total. The Kier molecular flexibility index (Phi) is 52.8. The first kappa shape index (κ1) is 76.1. The number of carbonyl (C=O) groups excluding carboxylic acids is 3. The predicted molar refractivity (Wildman–Crippen MR) is 340 cm³/mol. The molecule has 6 atom stereocenters. The van der Waals surface area contributed by atoms with Gasteiger partial charge in [-0.3, -0.25) is 14.4 Å². The first-order valence-corrected chi connectivity index (χ1v) is 32.5. The van der Waals surface area contributed by atoms with Crippen molar-refractivity contribution >= 4 is 23.9 Å². The van der Waals surface area contributed by atoms with Crippen LogP contribution in [0.15, 0.2) is 122 Å². The fourth-order valence-corrected chi connectivity index (χ4v) is 9.14. The zero-order valence-electron chi connectivity index (χ0n) is 51.9. The summed E-state index contributed by atoms with van der Waals surface area (Å²) in [7, 11) is 0. The van der Waals surface area contributed by atoms with Gasteiger partial charge in [0.15, 0.2) is 24.6 Å². The van der Waals surface area contributed by atoms with Gasteiger partial charge in [-0.15, -0.1) is 0 Å². The maximum Gasteiger partial charge on any atom is 0.335 e. The second-order valence-electron chi connectivity index (χ2n) is 21.6. The maximum atomic E-state index is 13.2. The van der Waals surface area contributed by atoms with Gasteiger partial charge in [0.25, 0.3) is 0 Å². The van der Waals surface area contributed by atoms with Crippen LogP contribution in [0.4, 0.5) is 0 Å². The quantitative estimate of drug-likeness (QED) is 0.0228. The molecule has 470 valence electrons. The molecule has 1 heterocycles. The summed E-state index contributed by atoms with van der Waals surface area (Å²) in [6.45, 7) is 5.72. The minimum absolute atomic E-state index is 0.141. The molecule has 0 spiro atoms. The molecule has 3 N–H and O–H groups in total. The van der Waals surface area contributed by atoms with Gasteiger partial charge in [0.2, 0.25) is 0 Å². The van der Waals surface area contributed by atoms with E-state index in [1.54, 1.807) is 12.2 Å². The van der Waals surface area contributed by atoms with Gasteiger partial charge in [0.05, 0.1) is 13.0 Å². The first-order chi connectivity index (χ1) is 40.6. The smallest absolute Gasteiger partial charge is 0.335 e. The van der Waals surface area contributed by atoms with Crippen LogP contribution in [0, 0.1) is 0 Å². The van der Waals surface area contributed by atoms with E-state index in [0.29, 0.717) is 19.3 Å². The van der Waals surface area contributed by atoms with E-state index in [1.165, 1.54) is 70.6 Å². The van der Waals surface area contributed by atoms with Gasteiger partial charge in [0.1, 0.15) is 18.8 Å². The lowest BCUT2D eigenvalue weighted by molar-refractivity contribution is -0.301. The number of carboxylic acids is 1. The molecule has 0 aromatic heterocycles. The number of hydrogen-bond donors (Lipinski definition) is 3. The normalized spacial score (nSPS) is 18.4. The van der Waals surface area contributed by atoms with Crippen LogP contribution in [0.3, 0.4) is 0 Å². The molecule has 12 heteroatoms. The molecule has 0 bridgehead atoms. The third-order valence-corrected chi connectivity index (χ3v) is 14.0. The van der Waals surface area contributed by atoms with Crippen molar-refractivity contribution in [3.05, 3.63) is 122 Å². The Morgan fingerprint density at radius 2 is 0.795 bits per heavy atom. The predicted octanol–water partition coefficient (Wildman–Crippen LogP) is 17.6.